The van der Waals surface area contributed by atoms with Gasteiger partial charge in [-0.05, 0) is 57.5 Å². The van der Waals surface area contributed by atoms with Gasteiger partial charge in [-0.1, -0.05) is 30.3 Å². The van der Waals surface area contributed by atoms with Crippen molar-refractivity contribution in [3.8, 4) is 5.75 Å². The molecule has 6 heteroatoms. The average Bonchev–Trinajstić information content (AvgIpc) is 2.47. The molecule has 0 bridgehead atoms. The van der Waals surface area contributed by atoms with Gasteiger partial charge in [-0.15, -0.1) is 0 Å². The fourth-order valence-electron chi connectivity index (χ4n) is 1.62. The van der Waals surface area contributed by atoms with E-state index in [9.17, 15) is 0 Å². The standard InChI is InChI=1S/C15H14BrN3OS/c16-13-8-12(9-18-19-15(17)21)6-7-14(13)20-10-11-4-2-1-3-5-11/h1-9H,10H2,(H3,17,19,21)/b18-9-. The Hall–Kier alpha value is -1.92. The molecule has 108 valence electrons. The molecule has 21 heavy (non-hydrogen) atoms. The summed E-state index contributed by atoms with van der Waals surface area (Å²) in [5.41, 5.74) is 9.81. The lowest BCUT2D eigenvalue weighted by molar-refractivity contribution is 0.304. The van der Waals surface area contributed by atoms with Crippen LogP contribution in [0.25, 0.3) is 0 Å². The summed E-state index contributed by atoms with van der Waals surface area (Å²) in [4.78, 5) is 0. The van der Waals surface area contributed by atoms with Crippen molar-refractivity contribution in [1.29, 1.82) is 0 Å². The van der Waals surface area contributed by atoms with E-state index in [1.165, 1.54) is 0 Å². The zero-order chi connectivity index (χ0) is 15.1. The molecule has 0 spiro atoms. The Morgan fingerprint density at radius 3 is 2.71 bits per heavy atom. The van der Waals surface area contributed by atoms with Crippen LogP contribution >= 0.6 is 28.1 Å². The molecule has 3 N–H and O–H groups in total. The Kier molecular flexibility index (Phi) is 5.71. The van der Waals surface area contributed by atoms with Crippen LogP contribution in [-0.2, 0) is 6.61 Å². The molecule has 0 saturated heterocycles. The molecule has 0 aromatic heterocycles. The van der Waals surface area contributed by atoms with Gasteiger partial charge < -0.3 is 10.5 Å². The van der Waals surface area contributed by atoms with Crippen LogP contribution in [0, 0.1) is 0 Å². The topological polar surface area (TPSA) is 59.6 Å². The molecule has 0 heterocycles. The fraction of sp³-hybridized carbons (Fsp3) is 0.0667. The van der Waals surface area contributed by atoms with Gasteiger partial charge in [-0.3, -0.25) is 5.43 Å². The smallest absolute Gasteiger partial charge is 0.184 e. The summed E-state index contributed by atoms with van der Waals surface area (Å²) in [6.45, 7) is 0.524. The number of benzene rings is 2. The average molecular weight is 364 g/mol. The maximum atomic E-state index is 5.77. The summed E-state index contributed by atoms with van der Waals surface area (Å²) >= 11 is 8.15. The van der Waals surface area contributed by atoms with Crippen molar-refractivity contribution in [2.24, 2.45) is 10.8 Å². The first kappa shape index (κ1) is 15.5. The number of rotatable bonds is 5. The van der Waals surface area contributed by atoms with Gasteiger partial charge in [-0.25, -0.2) is 0 Å². The summed E-state index contributed by atoms with van der Waals surface area (Å²) in [7, 11) is 0. The first-order valence-electron chi connectivity index (χ1n) is 6.20. The number of ether oxygens (including phenoxy) is 1. The van der Waals surface area contributed by atoms with E-state index in [1.54, 1.807) is 6.21 Å². The maximum absolute atomic E-state index is 5.77. The van der Waals surface area contributed by atoms with Gasteiger partial charge >= 0.3 is 0 Å². The predicted molar refractivity (Wildman–Crippen MR) is 92.4 cm³/mol. The number of hydrogen-bond donors (Lipinski definition) is 2. The van der Waals surface area contributed by atoms with Crippen molar-refractivity contribution >= 4 is 39.5 Å². The van der Waals surface area contributed by atoms with Crippen LogP contribution in [0.4, 0.5) is 0 Å². The highest BCUT2D eigenvalue weighted by Crippen LogP contribution is 2.26. The molecule has 0 amide bonds. The third-order valence-corrected chi connectivity index (χ3v) is 3.29. The predicted octanol–water partition coefficient (Wildman–Crippen LogP) is 3.20. The van der Waals surface area contributed by atoms with Crippen LogP contribution < -0.4 is 15.9 Å². The first-order valence-corrected chi connectivity index (χ1v) is 7.40. The third-order valence-electron chi connectivity index (χ3n) is 2.58. The van der Waals surface area contributed by atoms with E-state index in [0.29, 0.717) is 6.61 Å². The number of thiocarbonyl (C=S) groups is 1. The first-order chi connectivity index (χ1) is 10.1. The van der Waals surface area contributed by atoms with Gasteiger partial charge in [0.25, 0.3) is 0 Å². The largest absolute Gasteiger partial charge is 0.488 e. The highest BCUT2D eigenvalue weighted by Gasteiger charge is 2.02. The summed E-state index contributed by atoms with van der Waals surface area (Å²) in [6, 6.07) is 15.7. The molecular formula is C15H14BrN3OS. The molecule has 0 aliphatic rings. The Morgan fingerprint density at radius 1 is 1.29 bits per heavy atom. The van der Waals surface area contributed by atoms with E-state index in [4.69, 9.17) is 10.5 Å². The van der Waals surface area contributed by atoms with Gasteiger partial charge in [0.15, 0.2) is 5.11 Å². The van der Waals surface area contributed by atoms with E-state index in [1.807, 2.05) is 48.5 Å². The van der Waals surface area contributed by atoms with Crippen LogP contribution in [0.5, 0.6) is 5.75 Å². The molecule has 0 fully saturated rings. The molecule has 0 unspecified atom stereocenters. The number of nitrogens with zero attached hydrogens (tertiary/aromatic N) is 1. The molecule has 0 atom stereocenters. The minimum atomic E-state index is 0.133. The third kappa shape index (κ3) is 5.17. The zero-order valence-electron chi connectivity index (χ0n) is 11.1. The Balaban J connectivity index is 1.99. The minimum Gasteiger partial charge on any atom is -0.488 e. The Labute approximate surface area is 137 Å². The van der Waals surface area contributed by atoms with Crippen LogP contribution in [0.15, 0.2) is 58.1 Å². The highest BCUT2D eigenvalue weighted by molar-refractivity contribution is 9.10. The lowest BCUT2D eigenvalue weighted by atomic mass is 10.2. The SMILES string of the molecule is NC(=S)N/N=C\c1ccc(OCc2ccccc2)c(Br)c1. The summed E-state index contributed by atoms with van der Waals surface area (Å²) in [6.07, 6.45) is 1.63. The number of hydrogen-bond acceptors (Lipinski definition) is 3. The molecular weight excluding hydrogens is 350 g/mol. The molecule has 2 rings (SSSR count). The van der Waals surface area contributed by atoms with Crippen molar-refractivity contribution in [1.82, 2.24) is 5.43 Å². The monoisotopic (exact) mass is 363 g/mol. The Bertz CT molecular complexity index is 647. The van der Waals surface area contributed by atoms with Crippen molar-refractivity contribution in [3.05, 3.63) is 64.1 Å². The second-order valence-electron chi connectivity index (χ2n) is 4.20. The number of nitrogens with two attached hydrogens (primary N) is 1. The molecule has 0 saturated carbocycles. The van der Waals surface area contributed by atoms with E-state index in [0.717, 1.165) is 21.3 Å². The molecule has 2 aromatic rings. The molecule has 4 nitrogen and oxygen atoms in total. The van der Waals surface area contributed by atoms with Crippen LogP contribution in [-0.4, -0.2) is 11.3 Å². The second kappa shape index (κ2) is 7.75. The van der Waals surface area contributed by atoms with Gasteiger partial charge in [-0.2, -0.15) is 5.10 Å². The lowest BCUT2D eigenvalue weighted by Gasteiger charge is -2.08. The fourth-order valence-corrected chi connectivity index (χ4v) is 2.18. The van der Waals surface area contributed by atoms with Gasteiger partial charge in [0.2, 0.25) is 0 Å². The minimum absolute atomic E-state index is 0.133. The zero-order valence-corrected chi connectivity index (χ0v) is 13.5. The molecule has 0 aliphatic heterocycles. The normalized spacial score (nSPS) is 10.5. The van der Waals surface area contributed by atoms with Crippen LogP contribution in [0.1, 0.15) is 11.1 Å². The maximum Gasteiger partial charge on any atom is 0.184 e. The number of halogens is 1. The molecule has 0 radical (unpaired) electrons. The van der Waals surface area contributed by atoms with Gasteiger partial charge in [0.1, 0.15) is 12.4 Å². The quantitative estimate of drug-likeness (QED) is 0.486. The van der Waals surface area contributed by atoms with Crippen LogP contribution in [0.3, 0.4) is 0 Å². The Morgan fingerprint density at radius 2 is 2.05 bits per heavy atom. The summed E-state index contributed by atoms with van der Waals surface area (Å²) < 4.78 is 6.63. The van der Waals surface area contributed by atoms with Gasteiger partial charge in [0.05, 0.1) is 10.7 Å². The van der Waals surface area contributed by atoms with E-state index in [-0.39, 0.29) is 5.11 Å². The van der Waals surface area contributed by atoms with E-state index >= 15 is 0 Å². The van der Waals surface area contributed by atoms with Crippen molar-refractivity contribution in [3.63, 3.8) is 0 Å². The number of nitrogens with one attached hydrogen (secondary N) is 1. The second-order valence-corrected chi connectivity index (χ2v) is 5.49. The van der Waals surface area contributed by atoms with Crippen molar-refractivity contribution < 1.29 is 4.74 Å². The molecule has 2 aromatic carbocycles. The summed E-state index contributed by atoms with van der Waals surface area (Å²) in [5, 5.41) is 4.04. The van der Waals surface area contributed by atoms with Crippen molar-refractivity contribution in [2.75, 3.05) is 0 Å². The van der Waals surface area contributed by atoms with E-state index < -0.39 is 0 Å². The van der Waals surface area contributed by atoms with Crippen molar-refractivity contribution in [2.45, 2.75) is 6.61 Å². The number of hydrazone groups is 1. The lowest BCUT2D eigenvalue weighted by Crippen LogP contribution is -2.23. The summed E-state index contributed by atoms with van der Waals surface area (Å²) in [5.74, 6) is 0.776. The van der Waals surface area contributed by atoms with E-state index in [2.05, 4.69) is 38.7 Å². The van der Waals surface area contributed by atoms with Gasteiger partial charge in [0, 0.05) is 0 Å². The molecule has 0 aliphatic carbocycles. The highest BCUT2D eigenvalue weighted by atomic mass is 79.9. The van der Waals surface area contributed by atoms with Crippen LogP contribution in [0.2, 0.25) is 0 Å².